The molecule has 0 unspecified atom stereocenters. The molecule has 1 heterocycles. The summed E-state index contributed by atoms with van der Waals surface area (Å²) < 4.78 is 19.7. The smallest absolute Gasteiger partial charge is 0.127 e. The Kier molecular flexibility index (Phi) is 7.25. The molecular formula is C23H31FN2O. The minimum Gasteiger partial charge on any atom is -0.497 e. The first kappa shape index (κ1) is 19.8. The van der Waals surface area contributed by atoms with E-state index in [1.807, 2.05) is 12.1 Å². The van der Waals surface area contributed by atoms with Crippen LogP contribution in [0.1, 0.15) is 24.0 Å². The summed E-state index contributed by atoms with van der Waals surface area (Å²) in [6, 6.07) is 15.6. The highest BCUT2D eigenvalue weighted by atomic mass is 19.1. The Morgan fingerprint density at radius 1 is 1.11 bits per heavy atom. The number of piperidine rings is 1. The molecule has 2 aromatic rings. The van der Waals surface area contributed by atoms with Crippen LogP contribution in [0.3, 0.4) is 0 Å². The lowest BCUT2D eigenvalue weighted by molar-refractivity contribution is 0.156. The fraction of sp³-hybridized carbons (Fsp3) is 0.478. The van der Waals surface area contributed by atoms with Crippen molar-refractivity contribution in [1.29, 1.82) is 0 Å². The summed E-state index contributed by atoms with van der Waals surface area (Å²) in [5.74, 6) is 1.25. The molecule has 3 rings (SSSR count). The van der Waals surface area contributed by atoms with Crippen LogP contribution < -0.4 is 4.74 Å². The van der Waals surface area contributed by atoms with E-state index < -0.39 is 0 Å². The van der Waals surface area contributed by atoms with Crippen molar-refractivity contribution in [3.63, 3.8) is 0 Å². The van der Waals surface area contributed by atoms with Gasteiger partial charge in [0.15, 0.2) is 0 Å². The minimum absolute atomic E-state index is 0.149. The van der Waals surface area contributed by atoms with Gasteiger partial charge in [0.2, 0.25) is 0 Å². The summed E-state index contributed by atoms with van der Waals surface area (Å²) in [5, 5.41) is 0. The van der Waals surface area contributed by atoms with E-state index in [9.17, 15) is 4.39 Å². The van der Waals surface area contributed by atoms with E-state index in [4.69, 9.17) is 4.74 Å². The van der Waals surface area contributed by atoms with Crippen molar-refractivity contribution in [2.45, 2.75) is 25.8 Å². The summed E-state index contributed by atoms with van der Waals surface area (Å²) in [6.45, 7) is 4.90. The zero-order chi connectivity index (χ0) is 19.1. The molecule has 3 nitrogen and oxygen atoms in total. The molecule has 27 heavy (non-hydrogen) atoms. The number of halogens is 1. The molecule has 0 spiro atoms. The molecule has 0 saturated carbocycles. The first-order chi connectivity index (χ1) is 13.1. The Hall–Kier alpha value is -1.91. The van der Waals surface area contributed by atoms with Gasteiger partial charge in [-0.25, -0.2) is 4.39 Å². The maximum Gasteiger partial charge on any atom is 0.127 e. The lowest BCUT2D eigenvalue weighted by atomic mass is 9.96. The van der Waals surface area contributed by atoms with Crippen LogP contribution in [-0.4, -0.2) is 50.1 Å². The molecule has 2 aromatic carbocycles. The molecule has 146 valence electrons. The highest BCUT2D eigenvalue weighted by molar-refractivity contribution is 5.29. The first-order valence-electron chi connectivity index (χ1n) is 9.91. The van der Waals surface area contributed by atoms with Crippen LogP contribution >= 0.6 is 0 Å². The van der Waals surface area contributed by atoms with Gasteiger partial charge in [-0.2, -0.15) is 0 Å². The van der Waals surface area contributed by atoms with E-state index in [1.54, 1.807) is 13.2 Å². The van der Waals surface area contributed by atoms with Crippen LogP contribution in [0.4, 0.5) is 4.39 Å². The second kappa shape index (κ2) is 9.86. The quantitative estimate of drug-likeness (QED) is 0.692. The van der Waals surface area contributed by atoms with Gasteiger partial charge in [0.05, 0.1) is 7.11 Å². The number of ether oxygens (including phenoxy) is 1. The third-order valence-corrected chi connectivity index (χ3v) is 5.56. The fourth-order valence-corrected chi connectivity index (χ4v) is 3.82. The predicted molar refractivity (Wildman–Crippen MR) is 109 cm³/mol. The van der Waals surface area contributed by atoms with Gasteiger partial charge in [-0.15, -0.1) is 0 Å². The van der Waals surface area contributed by atoms with Gasteiger partial charge in [-0.3, -0.25) is 4.90 Å². The average Bonchev–Trinajstić information content (AvgIpc) is 2.70. The Bertz CT molecular complexity index is 699. The minimum atomic E-state index is -0.149. The molecule has 4 heteroatoms. The molecule has 0 N–H and O–H groups in total. The summed E-state index contributed by atoms with van der Waals surface area (Å²) >= 11 is 0. The molecule has 0 bridgehead atoms. The third kappa shape index (κ3) is 6.05. The van der Waals surface area contributed by atoms with Crippen molar-refractivity contribution in [3.05, 3.63) is 65.5 Å². The Morgan fingerprint density at radius 3 is 2.56 bits per heavy atom. The lowest BCUT2D eigenvalue weighted by Gasteiger charge is -2.33. The van der Waals surface area contributed by atoms with E-state index in [1.165, 1.54) is 24.5 Å². The van der Waals surface area contributed by atoms with E-state index >= 15 is 0 Å². The average molecular weight is 371 g/mol. The summed E-state index contributed by atoms with van der Waals surface area (Å²) in [5.41, 5.74) is 2.05. The number of hydrogen-bond acceptors (Lipinski definition) is 3. The van der Waals surface area contributed by atoms with Crippen LogP contribution in [0.5, 0.6) is 5.75 Å². The number of rotatable bonds is 8. The molecule has 1 fully saturated rings. The molecule has 0 radical (unpaired) electrons. The van der Waals surface area contributed by atoms with Crippen LogP contribution in [-0.2, 0) is 13.0 Å². The highest BCUT2D eigenvalue weighted by Gasteiger charge is 2.20. The van der Waals surface area contributed by atoms with Crippen LogP contribution in [0.2, 0.25) is 0 Å². The fourth-order valence-electron chi connectivity index (χ4n) is 3.82. The zero-order valence-corrected chi connectivity index (χ0v) is 16.5. The molecule has 0 atom stereocenters. The summed E-state index contributed by atoms with van der Waals surface area (Å²) in [6.07, 6.45) is 3.43. The van der Waals surface area contributed by atoms with Gasteiger partial charge < -0.3 is 9.64 Å². The number of nitrogens with zero attached hydrogens (tertiary/aromatic N) is 2. The van der Waals surface area contributed by atoms with Crippen LogP contribution in [0, 0.1) is 11.7 Å². The number of benzene rings is 2. The van der Waals surface area contributed by atoms with Crippen molar-refractivity contribution in [2.75, 3.05) is 40.3 Å². The number of likely N-dealkylation sites (tertiary alicyclic amines) is 1. The SMILES string of the molecule is COc1ccc(F)c(CN(CCc2ccccc2)CC2CCN(C)CC2)c1. The van der Waals surface area contributed by atoms with Gasteiger partial charge >= 0.3 is 0 Å². The molecule has 1 saturated heterocycles. The van der Waals surface area contributed by atoms with Crippen molar-refractivity contribution >= 4 is 0 Å². The molecule has 1 aliphatic heterocycles. The number of hydrogen-bond donors (Lipinski definition) is 0. The number of methoxy groups -OCH3 is 1. The first-order valence-corrected chi connectivity index (χ1v) is 9.91. The summed E-state index contributed by atoms with van der Waals surface area (Å²) in [4.78, 5) is 4.81. The zero-order valence-electron chi connectivity index (χ0n) is 16.5. The Labute approximate surface area is 162 Å². The molecule has 1 aliphatic rings. The van der Waals surface area contributed by atoms with E-state index in [0.29, 0.717) is 18.2 Å². The van der Waals surface area contributed by atoms with Gasteiger partial charge in [-0.1, -0.05) is 30.3 Å². The topological polar surface area (TPSA) is 15.7 Å². The Balaban J connectivity index is 1.68. The normalized spacial score (nSPS) is 16.0. The second-order valence-corrected chi connectivity index (χ2v) is 7.67. The maximum absolute atomic E-state index is 14.4. The highest BCUT2D eigenvalue weighted by Crippen LogP contribution is 2.22. The van der Waals surface area contributed by atoms with Crippen molar-refractivity contribution in [3.8, 4) is 5.75 Å². The van der Waals surface area contributed by atoms with Gasteiger partial charge in [0, 0.05) is 25.2 Å². The van der Waals surface area contributed by atoms with Gasteiger partial charge in [-0.05, 0) is 69.1 Å². The van der Waals surface area contributed by atoms with Crippen LogP contribution in [0.15, 0.2) is 48.5 Å². The lowest BCUT2D eigenvalue weighted by Crippen LogP contribution is -2.37. The second-order valence-electron chi connectivity index (χ2n) is 7.67. The standard InChI is InChI=1S/C23H31FN2O/c1-25-13-10-20(11-14-25)17-26(15-12-19-6-4-3-5-7-19)18-21-16-22(27-2)8-9-23(21)24/h3-9,16,20H,10-15,17-18H2,1-2H3. The summed E-state index contributed by atoms with van der Waals surface area (Å²) in [7, 11) is 3.82. The van der Waals surface area contributed by atoms with E-state index in [0.717, 1.165) is 38.2 Å². The molecule has 0 aromatic heterocycles. The Morgan fingerprint density at radius 2 is 1.85 bits per heavy atom. The van der Waals surface area contributed by atoms with Crippen molar-refractivity contribution in [1.82, 2.24) is 9.80 Å². The molecule has 0 amide bonds. The van der Waals surface area contributed by atoms with E-state index in [-0.39, 0.29) is 5.82 Å². The third-order valence-electron chi connectivity index (χ3n) is 5.56. The van der Waals surface area contributed by atoms with Gasteiger partial charge in [0.1, 0.15) is 11.6 Å². The van der Waals surface area contributed by atoms with Gasteiger partial charge in [0.25, 0.3) is 0 Å². The molecule has 0 aliphatic carbocycles. The predicted octanol–water partition coefficient (Wildman–Crippen LogP) is 4.22. The van der Waals surface area contributed by atoms with E-state index in [2.05, 4.69) is 41.1 Å². The monoisotopic (exact) mass is 370 g/mol. The largest absolute Gasteiger partial charge is 0.497 e. The van der Waals surface area contributed by atoms with Crippen molar-refractivity contribution in [2.24, 2.45) is 5.92 Å². The molecular weight excluding hydrogens is 339 g/mol. The van der Waals surface area contributed by atoms with Crippen molar-refractivity contribution < 1.29 is 9.13 Å². The maximum atomic E-state index is 14.4. The van der Waals surface area contributed by atoms with Crippen LogP contribution in [0.25, 0.3) is 0 Å².